The molecular formula is C16H7Na3O12S4. The molecular weight excluding hydrogens is 581 g/mol. The van der Waals surface area contributed by atoms with E-state index < -0.39 is 92.4 Å². The first kappa shape index (κ1) is 33.6. The van der Waals surface area contributed by atoms with E-state index >= 15 is 0 Å². The van der Waals surface area contributed by atoms with E-state index in [9.17, 15) is 51.9 Å². The molecule has 4 aromatic carbocycles. The fraction of sp³-hybridized carbons (Fsp3) is 0. The molecule has 170 valence electrons. The van der Waals surface area contributed by atoms with Gasteiger partial charge >= 0.3 is 88.7 Å². The van der Waals surface area contributed by atoms with E-state index in [-0.39, 0.29) is 88.7 Å². The number of hydrogen-bond acceptors (Lipinski definition) is 11. The van der Waals surface area contributed by atoms with Crippen LogP contribution in [-0.2, 0) is 40.5 Å². The van der Waals surface area contributed by atoms with Gasteiger partial charge in [0.05, 0.1) is 14.7 Å². The van der Waals surface area contributed by atoms with E-state index in [1.807, 2.05) is 0 Å². The molecule has 1 N–H and O–H groups in total. The first-order valence-electron chi connectivity index (χ1n) is 8.06. The summed E-state index contributed by atoms with van der Waals surface area (Å²) in [5.74, 6) is 0. The minimum atomic E-state index is -5.39. The predicted molar refractivity (Wildman–Crippen MR) is 104 cm³/mol. The summed E-state index contributed by atoms with van der Waals surface area (Å²) in [5.41, 5.74) is 0. The van der Waals surface area contributed by atoms with Crippen molar-refractivity contribution in [3.8, 4) is 0 Å². The van der Waals surface area contributed by atoms with Crippen LogP contribution in [-0.4, -0.2) is 51.9 Å². The van der Waals surface area contributed by atoms with Crippen molar-refractivity contribution in [3.63, 3.8) is 0 Å². The quantitative estimate of drug-likeness (QED) is 0.133. The minimum Gasteiger partial charge on any atom is -0.744 e. The van der Waals surface area contributed by atoms with Gasteiger partial charge in [-0.15, -0.1) is 0 Å². The Bertz CT molecular complexity index is 1640. The van der Waals surface area contributed by atoms with Crippen molar-refractivity contribution >= 4 is 72.8 Å². The van der Waals surface area contributed by atoms with Crippen LogP contribution in [0.1, 0.15) is 0 Å². The second kappa shape index (κ2) is 10.6. The summed E-state index contributed by atoms with van der Waals surface area (Å²) in [6, 6.07) is 4.45. The molecule has 0 bridgehead atoms. The van der Waals surface area contributed by atoms with Gasteiger partial charge in [-0.25, -0.2) is 25.3 Å². The van der Waals surface area contributed by atoms with Gasteiger partial charge in [-0.3, -0.25) is 4.55 Å². The molecule has 0 atom stereocenters. The van der Waals surface area contributed by atoms with Gasteiger partial charge in [-0.2, -0.15) is 8.42 Å². The summed E-state index contributed by atoms with van der Waals surface area (Å²) in [4.78, 5) is -4.44. The van der Waals surface area contributed by atoms with E-state index in [2.05, 4.69) is 0 Å². The van der Waals surface area contributed by atoms with Gasteiger partial charge in [0, 0.05) is 26.9 Å². The van der Waals surface area contributed by atoms with Crippen molar-refractivity contribution in [3.05, 3.63) is 36.4 Å². The van der Waals surface area contributed by atoms with Gasteiger partial charge in [0.25, 0.3) is 10.1 Å². The van der Waals surface area contributed by atoms with Crippen LogP contribution in [0.15, 0.2) is 56.0 Å². The molecule has 0 unspecified atom stereocenters. The van der Waals surface area contributed by atoms with Gasteiger partial charge in [0.2, 0.25) is 0 Å². The molecule has 0 radical (unpaired) electrons. The molecule has 0 saturated heterocycles. The fourth-order valence-corrected chi connectivity index (χ4v) is 6.67. The molecule has 19 heteroatoms. The number of benzene rings is 4. The van der Waals surface area contributed by atoms with Gasteiger partial charge < -0.3 is 13.7 Å². The average molecular weight is 588 g/mol. The third kappa shape index (κ3) is 5.94. The second-order valence-electron chi connectivity index (χ2n) is 6.65. The maximum absolute atomic E-state index is 11.9. The van der Waals surface area contributed by atoms with Crippen LogP contribution < -0.4 is 88.7 Å². The van der Waals surface area contributed by atoms with Crippen LogP contribution in [0.5, 0.6) is 0 Å². The maximum atomic E-state index is 11.9. The Hall–Kier alpha value is 0.560. The van der Waals surface area contributed by atoms with E-state index in [1.165, 1.54) is 0 Å². The molecule has 35 heavy (non-hydrogen) atoms. The molecule has 0 aliphatic carbocycles. The zero-order chi connectivity index (χ0) is 24.0. The van der Waals surface area contributed by atoms with Gasteiger partial charge in [0.15, 0.2) is 0 Å². The van der Waals surface area contributed by atoms with Crippen LogP contribution in [0.4, 0.5) is 0 Å². The van der Waals surface area contributed by atoms with Crippen LogP contribution in [0, 0.1) is 0 Å². The Morgan fingerprint density at radius 2 is 0.714 bits per heavy atom. The Morgan fingerprint density at radius 1 is 0.486 bits per heavy atom. The topological polar surface area (TPSA) is 226 Å². The van der Waals surface area contributed by atoms with Crippen LogP contribution in [0.25, 0.3) is 32.3 Å². The number of rotatable bonds is 4. The zero-order valence-corrected chi connectivity index (χ0v) is 27.3. The summed E-state index contributed by atoms with van der Waals surface area (Å²) in [7, 11) is -21.3. The molecule has 0 spiro atoms. The third-order valence-electron chi connectivity index (χ3n) is 4.83. The summed E-state index contributed by atoms with van der Waals surface area (Å²) in [5, 5.41) is -2.70. The molecule has 0 aliphatic heterocycles. The van der Waals surface area contributed by atoms with Crippen molar-refractivity contribution in [2.45, 2.75) is 19.6 Å². The van der Waals surface area contributed by atoms with E-state index in [0.717, 1.165) is 24.3 Å². The first-order valence-corrected chi connectivity index (χ1v) is 13.7. The van der Waals surface area contributed by atoms with Crippen molar-refractivity contribution < 1.29 is 141 Å². The fourth-order valence-electron chi connectivity index (χ4n) is 3.70. The summed E-state index contributed by atoms with van der Waals surface area (Å²) in [6.45, 7) is 0. The SMILES string of the molecule is O=S(=O)([O-])c1cc(S(=O)(=O)[O-])c2ccc3c(S(=O)(=O)O)cc(S(=O)(=O)[O-])c4ccc1c2c43.[Na+].[Na+].[Na+]. The smallest absolute Gasteiger partial charge is 0.744 e. The molecule has 0 fully saturated rings. The van der Waals surface area contributed by atoms with Crippen molar-refractivity contribution in [1.82, 2.24) is 0 Å². The number of hydrogen-bond donors (Lipinski definition) is 1. The maximum Gasteiger partial charge on any atom is 1.00 e. The third-order valence-corrected chi connectivity index (χ3v) is 8.36. The Morgan fingerprint density at radius 3 is 0.943 bits per heavy atom. The molecule has 0 aromatic heterocycles. The molecule has 4 rings (SSSR count). The molecule has 0 saturated carbocycles. The monoisotopic (exact) mass is 588 g/mol. The normalized spacial score (nSPS) is 12.8. The van der Waals surface area contributed by atoms with E-state index in [1.54, 1.807) is 0 Å². The van der Waals surface area contributed by atoms with Crippen LogP contribution in [0.2, 0.25) is 0 Å². The van der Waals surface area contributed by atoms with E-state index in [0.29, 0.717) is 12.1 Å². The van der Waals surface area contributed by atoms with Crippen LogP contribution >= 0.6 is 0 Å². The zero-order valence-electron chi connectivity index (χ0n) is 18.0. The first-order chi connectivity index (χ1) is 14.4. The van der Waals surface area contributed by atoms with Gasteiger partial charge in [-0.1, -0.05) is 24.3 Å². The van der Waals surface area contributed by atoms with E-state index in [4.69, 9.17) is 0 Å². The Labute approximate surface area is 265 Å². The van der Waals surface area contributed by atoms with Gasteiger partial charge in [-0.05, 0) is 17.5 Å². The second-order valence-corrected chi connectivity index (χ2v) is 12.1. The summed E-state index contributed by atoms with van der Waals surface area (Å²) >= 11 is 0. The standard InChI is InChI=1S/C16H10O12S4.3Na/c17-29(18,19)11-5-13(31(23,24)25)9-3-4-10-14(32(26,27)28)6-12(30(20,21)22)8-2-1-7(11)15(9)16(8)10;;;/h1-6H,(H,17,18,19)(H,20,21,22)(H,23,24,25)(H,26,27,28);;;/q;3*+1/p-3. The van der Waals surface area contributed by atoms with Crippen molar-refractivity contribution in [2.75, 3.05) is 0 Å². The van der Waals surface area contributed by atoms with Crippen molar-refractivity contribution in [1.29, 1.82) is 0 Å². The molecule has 0 heterocycles. The summed E-state index contributed by atoms with van der Waals surface area (Å²) < 4.78 is 139. The summed E-state index contributed by atoms with van der Waals surface area (Å²) in [6.07, 6.45) is 0. The van der Waals surface area contributed by atoms with Crippen LogP contribution in [0.3, 0.4) is 0 Å². The minimum absolute atomic E-state index is 0. The average Bonchev–Trinajstić information content (AvgIpc) is 2.61. The Kier molecular flexibility index (Phi) is 10.2. The van der Waals surface area contributed by atoms with Gasteiger partial charge in [0.1, 0.15) is 35.2 Å². The Balaban J connectivity index is 0.00000204. The molecule has 12 nitrogen and oxygen atoms in total. The molecule has 0 amide bonds. The predicted octanol–water partition coefficient (Wildman–Crippen LogP) is -8.45. The van der Waals surface area contributed by atoms with Crippen molar-refractivity contribution in [2.24, 2.45) is 0 Å². The largest absolute Gasteiger partial charge is 1.00 e. The molecule has 4 aromatic rings. The molecule has 0 aliphatic rings.